The van der Waals surface area contributed by atoms with Gasteiger partial charge in [-0.2, -0.15) is 13.2 Å². The van der Waals surface area contributed by atoms with E-state index in [1.54, 1.807) is 0 Å². The summed E-state index contributed by atoms with van der Waals surface area (Å²) < 4.78 is 43.1. The molecule has 1 unspecified atom stereocenters. The first kappa shape index (κ1) is 14.5. The Hall–Kier alpha value is -0.940. The van der Waals surface area contributed by atoms with Crippen molar-refractivity contribution in [2.24, 2.45) is 5.92 Å². The summed E-state index contributed by atoms with van der Waals surface area (Å²) in [6, 6.07) is 3.30. The van der Waals surface area contributed by atoms with Crippen molar-refractivity contribution < 1.29 is 17.9 Å². The van der Waals surface area contributed by atoms with Gasteiger partial charge in [0.15, 0.2) is 0 Å². The fraction of sp³-hybridized carbons (Fsp3) is 0.538. The molecule has 0 aromatic heterocycles. The fourth-order valence-corrected chi connectivity index (χ4v) is 2.24. The van der Waals surface area contributed by atoms with Crippen LogP contribution in [-0.2, 0) is 10.9 Å². The Morgan fingerprint density at radius 1 is 1.37 bits per heavy atom. The van der Waals surface area contributed by atoms with Gasteiger partial charge in [-0.1, -0.05) is 11.6 Å². The molecule has 0 bridgehead atoms. The molecule has 1 saturated heterocycles. The van der Waals surface area contributed by atoms with Gasteiger partial charge in [0.2, 0.25) is 0 Å². The van der Waals surface area contributed by atoms with Gasteiger partial charge in [-0.3, -0.25) is 0 Å². The lowest BCUT2D eigenvalue weighted by Crippen LogP contribution is -2.24. The van der Waals surface area contributed by atoms with Crippen LogP contribution in [-0.4, -0.2) is 19.8 Å². The highest BCUT2D eigenvalue weighted by Crippen LogP contribution is 2.34. The van der Waals surface area contributed by atoms with Crippen LogP contribution in [0.3, 0.4) is 0 Å². The first-order valence-electron chi connectivity index (χ1n) is 6.15. The van der Waals surface area contributed by atoms with Crippen molar-refractivity contribution in [2.45, 2.75) is 19.0 Å². The van der Waals surface area contributed by atoms with Crippen LogP contribution >= 0.6 is 11.6 Å². The third-order valence-electron chi connectivity index (χ3n) is 3.13. The second-order valence-corrected chi connectivity index (χ2v) is 5.06. The van der Waals surface area contributed by atoms with E-state index in [-0.39, 0.29) is 0 Å². The quantitative estimate of drug-likeness (QED) is 0.902. The van der Waals surface area contributed by atoms with Crippen molar-refractivity contribution >= 4 is 17.3 Å². The van der Waals surface area contributed by atoms with Gasteiger partial charge < -0.3 is 10.1 Å². The number of nitrogens with one attached hydrogen (secondary N) is 1. The predicted octanol–water partition coefficient (Wildman–Crippen LogP) is 4.20. The highest BCUT2D eigenvalue weighted by Gasteiger charge is 2.31. The summed E-state index contributed by atoms with van der Waals surface area (Å²) in [5.41, 5.74) is -0.374. The zero-order valence-corrected chi connectivity index (χ0v) is 11.0. The van der Waals surface area contributed by atoms with E-state index < -0.39 is 11.7 Å². The van der Waals surface area contributed by atoms with E-state index in [0.717, 1.165) is 31.6 Å². The van der Waals surface area contributed by atoms with Gasteiger partial charge in [-0.05, 0) is 37.0 Å². The second-order valence-electron chi connectivity index (χ2n) is 4.66. The highest BCUT2D eigenvalue weighted by molar-refractivity contribution is 6.33. The molecule has 19 heavy (non-hydrogen) atoms. The van der Waals surface area contributed by atoms with Crippen LogP contribution < -0.4 is 5.32 Å². The van der Waals surface area contributed by atoms with E-state index in [1.165, 1.54) is 6.07 Å². The third kappa shape index (κ3) is 4.01. The molecule has 1 fully saturated rings. The van der Waals surface area contributed by atoms with Crippen molar-refractivity contribution in [3.05, 3.63) is 28.8 Å². The molecule has 1 aromatic rings. The molecule has 1 heterocycles. The molecular formula is C13H15ClF3NO. The number of hydrogen-bond acceptors (Lipinski definition) is 2. The van der Waals surface area contributed by atoms with E-state index in [2.05, 4.69) is 5.32 Å². The molecule has 1 aliphatic heterocycles. The Labute approximate surface area is 114 Å². The molecule has 2 rings (SSSR count). The predicted molar refractivity (Wildman–Crippen MR) is 68.5 cm³/mol. The number of ether oxygens (including phenoxy) is 1. The number of anilines is 1. The van der Waals surface area contributed by atoms with Crippen molar-refractivity contribution in [3.63, 3.8) is 0 Å². The molecule has 0 aliphatic carbocycles. The van der Waals surface area contributed by atoms with Crippen LogP contribution in [0.5, 0.6) is 0 Å². The molecule has 1 aliphatic rings. The van der Waals surface area contributed by atoms with Crippen LogP contribution in [0.1, 0.15) is 18.4 Å². The summed E-state index contributed by atoms with van der Waals surface area (Å²) in [7, 11) is 0. The largest absolute Gasteiger partial charge is 0.416 e. The summed E-state index contributed by atoms with van der Waals surface area (Å²) in [5, 5.41) is 3.28. The van der Waals surface area contributed by atoms with Gasteiger partial charge in [0.05, 0.1) is 22.9 Å². The molecular weight excluding hydrogens is 279 g/mol. The van der Waals surface area contributed by atoms with Crippen molar-refractivity contribution in [2.75, 3.05) is 25.1 Å². The molecule has 2 nitrogen and oxygen atoms in total. The summed E-state index contributed by atoms with van der Waals surface area (Å²) in [6.07, 6.45) is -2.35. The van der Waals surface area contributed by atoms with Crippen LogP contribution in [0.4, 0.5) is 18.9 Å². The van der Waals surface area contributed by atoms with Crippen LogP contribution in [0.2, 0.25) is 5.02 Å². The van der Waals surface area contributed by atoms with E-state index in [0.29, 0.717) is 29.8 Å². The van der Waals surface area contributed by atoms with Crippen LogP contribution in [0.25, 0.3) is 0 Å². The standard InChI is InChI=1S/C13H15ClF3NO/c14-11-4-3-10(13(15,16)17)6-12(11)18-7-9-2-1-5-19-8-9/h3-4,6,9,18H,1-2,5,7-8H2. The molecule has 0 spiro atoms. The molecule has 106 valence electrons. The van der Waals surface area contributed by atoms with Crippen LogP contribution in [0, 0.1) is 5.92 Å². The van der Waals surface area contributed by atoms with E-state index in [4.69, 9.17) is 16.3 Å². The lowest BCUT2D eigenvalue weighted by molar-refractivity contribution is -0.137. The first-order valence-corrected chi connectivity index (χ1v) is 6.53. The van der Waals surface area contributed by atoms with Gasteiger partial charge in [0, 0.05) is 13.2 Å². The van der Waals surface area contributed by atoms with Crippen LogP contribution in [0.15, 0.2) is 18.2 Å². The van der Waals surface area contributed by atoms with Gasteiger partial charge in [0.25, 0.3) is 0 Å². The SMILES string of the molecule is FC(F)(F)c1ccc(Cl)c(NCC2CCCOC2)c1. The average Bonchev–Trinajstić information content (AvgIpc) is 2.37. The summed E-state index contributed by atoms with van der Waals surface area (Å²) in [6.45, 7) is 1.98. The molecule has 6 heteroatoms. The smallest absolute Gasteiger partial charge is 0.383 e. The average molecular weight is 294 g/mol. The van der Waals surface area contributed by atoms with Gasteiger partial charge in [-0.15, -0.1) is 0 Å². The van der Waals surface area contributed by atoms with Crippen molar-refractivity contribution in [1.82, 2.24) is 0 Å². The zero-order chi connectivity index (χ0) is 13.9. The minimum Gasteiger partial charge on any atom is -0.383 e. The molecule has 1 atom stereocenters. The number of benzene rings is 1. The Morgan fingerprint density at radius 3 is 2.79 bits per heavy atom. The molecule has 0 radical (unpaired) electrons. The second kappa shape index (κ2) is 6.01. The zero-order valence-electron chi connectivity index (χ0n) is 10.3. The number of rotatable bonds is 3. The van der Waals surface area contributed by atoms with E-state index >= 15 is 0 Å². The Morgan fingerprint density at radius 2 is 2.16 bits per heavy atom. The summed E-state index contributed by atoms with van der Waals surface area (Å²) in [4.78, 5) is 0. The Balaban J connectivity index is 2.02. The van der Waals surface area contributed by atoms with Gasteiger partial charge in [0.1, 0.15) is 0 Å². The maximum Gasteiger partial charge on any atom is 0.416 e. The fourth-order valence-electron chi connectivity index (χ4n) is 2.06. The Kier molecular flexibility index (Phi) is 4.58. The maximum absolute atomic E-state index is 12.6. The third-order valence-corrected chi connectivity index (χ3v) is 3.46. The van der Waals surface area contributed by atoms with Crippen molar-refractivity contribution in [1.29, 1.82) is 0 Å². The minimum atomic E-state index is -4.35. The summed E-state index contributed by atoms with van der Waals surface area (Å²) >= 11 is 5.90. The molecule has 1 N–H and O–H groups in total. The number of alkyl halides is 3. The van der Waals surface area contributed by atoms with E-state index in [1.807, 2.05) is 0 Å². The molecule has 1 aromatic carbocycles. The summed E-state index contributed by atoms with van der Waals surface area (Å²) in [5.74, 6) is 0.319. The van der Waals surface area contributed by atoms with Gasteiger partial charge >= 0.3 is 6.18 Å². The topological polar surface area (TPSA) is 21.3 Å². The van der Waals surface area contributed by atoms with Gasteiger partial charge in [-0.25, -0.2) is 0 Å². The lowest BCUT2D eigenvalue weighted by Gasteiger charge is -2.23. The number of hydrogen-bond donors (Lipinski definition) is 1. The van der Waals surface area contributed by atoms with Crippen molar-refractivity contribution in [3.8, 4) is 0 Å². The number of halogens is 4. The monoisotopic (exact) mass is 293 g/mol. The minimum absolute atomic E-state index is 0.296. The first-order chi connectivity index (χ1) is 8.97. The molecule has 0 saturated carbocycles. The molecule has 0 amide bonds. The normalized spacial score (nSPS) is 20.3. The lowest BCUT2D eigenvalue weighted by atomic mass is 10.0. The highest BCUT2D eigenvalue weighted by atomic mass is 35.5. The maximum atomic E-state index is 12.6. The van der Waals surface area contributed by atoms with E-state index in [9.17, 15) is 13.2 Å². The Bertz CT molecular complexity index is 430.